The maximum atomic E-state index is 11.9. The number of nitrogens with zero attached hydrogens (tertiary/aromatic N) is 1. The molecule has 0 atom stereocenters. The van der Waals surface area contributed by atoms with E-state index < -0.39 is 0 Å². The van der Waals surface area contributed by atoms with Crippen LogP contribution >= 0.6 is 0 Å². The molecule has 2 rings (SSSR count). The monoisotopic (exact) mass is 241 g/mol. The largest absolute Gasteiger partial charge is 0.456 e. The summed E-state index contributed by atoms with van der Waals surface area (Å²) in [7, 11) is 0. The summed E-state index contributed by atoms with van der Waals surface area (Å²) in [5.41, 5.74) is 3.33. The van der Waals surface area contributed by atoms with Gasteiger partial charge in [0.25, 0.3) is 0 Å². The van der Waals surface area contributed by atoms with Crippen molar-refractivity contribution >= 4 is 5.97 Å². The number of hydrogen-bond donors (Lipinski definition) is 0. The highest BCUT2D eigenvalue weighted by molar-refractivity contribution is 5.91. The predicted octanol–water partition coefficient (Wildman–Crippen LogP) is 3.06. The van der Waals surface area contributed by atoms with E-state index in [1.54, 1.807) is 6.20 Å². The Hall–Kier alpha value is -2.16. The normalized spacial score (nSPS) is 10.1. The summed E-state index contributed by atoms with van der Waals surface area (Å²) in [6.07, 6.45) is 1.68. The maximum absolute atomic E-state index is 11.9. The second-order valence-corrected chi connectivity index (χ2v) is 4.22. The molecule has 0 unspecified atom stereocenters. The fraction of sp³-hybridized carbons (Fsp3) is 0.200. The fourth-order valence-electron chi connectivity index (χ4n) is 1.66. The van der Waals surface area contributed by atoms with E-state index >= 15 is 0 Å². The Labute approximate surface area is 106 Å². The van der Waals surface area contributed by atoms with Crippen LogP contribution in [0, 0.1) is 13.8 Å². The van der Waals surface area contributed by atoms with Crippen molar-refractivity contribution in [2.24, 2.45) is 0 Å². The average molecular weight is 241 g/mol. The molecule has 3 nitrogen and oxygen atoms in total. The number of carbonyl (C=O) groups is 1. The molecule has 18 heavy (non-hydrogen) atoms. The van der Waals surface area contributed by atoms with Crippen LogP contribution in [-0.2, 0) is 11.3 Å². The summed E-state index contributed by atoms with van der Waals surface area (Å²) in [5.74, 6) is -0.304. The van der Waals surface area contributed by atoms with Crippen LogP contribution in [0.4, 0.5) is 0 Å². The average Bonchev–Trinajstić information content (AvgIpc) is 2.40. The van der Waals surface area contributed by atoms with Crippen molar-refractivity contribution in [3.05, 3.63) is 65.0 Å². The Morgan fingerprint density at radius 1 is 1.22 bits per heavy atom. The van der Waals surface area contributed by atoms with Gasteiger partial charge in [0.2, 0.25) is 0 Å². The standard InChI is InChI=1S/C15H15NO2/c1-11-6-7-12(2)14(9-11)15(17)18-10-13-5-3-4-8-16-13/h3-9H,10H2,1-2H3. The van der Waals surface area contributed by atoms with Crippen LogP contribution in [0.3, 0.4) is 0 Å². The number of aryl methyl sites for hydroxylation is 2. The van der Waals surface area contributed by atoms with Gasteiger partial charge in [-0.25, -0.2) is 4.79 Å². The number of ether oxygens (including phenoxy) is 1. The van der Waals surface area contributed by atoms with E-state index in [1.165, 1.54) is 0 Å². The van der Waals surface area contributed by atoms with E-state index in [4.69, 9.17) is 4.74 Å². The van der Waals surface area contributed by atoms with E-state index in [0.29, 0.717) is 5.56 Å². The summed E-state index contributed by atoms with van der Waals surface area (Å²) in [6, 6.07) is 11.3. The molecule has 0 radical (unpaired) electrons. The van der Waals surface area contributed by atoms with Gasteiger partial charge in [0.1, 0.15) is 6.61 Å². The van der Waals surface area contributed by atoms with E-state index in [-0.39, 0.29) is 12.6 Å². The molecule has 0 saturated heterocycles. The van der Waals surface area contributed by atoms with Gasteiger partial charge in [-0.15, -0.1) is 0 Å². The maximum Gasteiger partial charge on any atom is 0.338 e. The highest BCUT2D eigenvalue weighted by atomic mass is 16.5. The first-order chi connectivity index (χ1) is 8.66. The molecule has 3 heteroatoms. The third-order valence-electron chi connectivity index (χ3n) is 2.69. The molecule has 2 aromatic rings. The number of pyridine rings is 1. The zero-order valence-electron chi connectivity index (χ0n) is 10.5. The van der Waals surface area contributed by atoms with Crippen molar-refractivity contribution in [1.82, 2.24) is 4.98 Å². The SMILES string of the molecule is Cc1ccc(C)c(C(=O)OCc2ccccn2)c1. The van der Waals surface area contributed by atoms with Gasteiger partial charge >= 0.3 is 5.97 Å². The van der Waals surface area contributed by atoms with Gasteiger partial charge in [-0.3, -0.25) is 4.98 Å². The van der Waals surface area contributed by atoms with Gasteiger partial charge in [-0.2, -0.15) is 0 Å². The van der Waals surface area contributed by atoms with Crippen LogP contribution in [0.25, 0.3) is 0 Å². The van der Waals surface area contributed by atoms with Gasteiger partial charge in [0.15, 0.2) is 0 Å². The minimum absolute atomic E-state index is 0.201. The second-order valence-electron chi connectivity index (χ2n) is 4.22. The minimum Gasteiger partial charge on any atom is -0.456 e. The third-order valence-corrected chi connectivity index (χ3v) is 2.69. The van der Waals surface area contributed by atoms with Gasteiger partial charge in [-0.1, -0.05) is 23.8 Å². The molecule has 0 aliphatic rings. The molecule has 0 fully saturated rings. The molecule has 1 aromatic carbocycles. The van der Waals surface area contributed by atoms with Gasteiger partial charge in [0, 0.05) is 6.20 Å². The zero-order chi connectivity index (χ0) is 13.0. The molecular formula is C15H15NO2. The number of benzene rings is 1. The Bertz CT molecular complexity index is 550. The second kappa shape index (κ2) is 5.45. The van der Waals surface area contributed by atoms with Crippen LogP contribution in [0.2, 0.25) is 0 Å². The van der Waals surface area contributed by atoms with Gasteiger partial charge < -0.3 is 4.74 Å². The van der Waals surface area contributed by atoms with Crippen LogP contribution in [0.5, 0.6) is 0 Å². The minimum atomic E-state index is -0.304. The highest BCUT2D eigenvalue weighted by Crippen LogP contribution is 2.12. The summed E-state index contributed by atoms with van der Waals surface area (Å²) < 4.78 is 5.25. The van der Waals surface area contributed by atoms with E-state index in [9.17, 15) is 4.79 Å². The molecule has 1 heterocycles. The topological polar surface area (TPSA) is 39.2 Å². The number of rotatable bonds is 3. The molecule has 92 valence electrons. The lowest BCUT2D eigenvalue weighted by Gasteiger charge is -2.07. The van der Waals surface area contributed by atoms with Crippen molar-refractivity contribution in [3.63, 3.8) is 0 Å². The van der Waals surface area contributed by atoms with E-state index in [2.05, 4.69) is 4.98 Å². The van der Waals surface area contributed by atoms with Gasteiger partial charge in [-0.05, 0) is 37.6 Å². The van der Waals surface area contributed by atoms with Crippen LogP contribution < -0.4 is 0 Å². The summed E-state index contributed by atoms with van der Waals surface area (Å²) in [5, 5.41) is 0. The number of aromatic nitrogens is 1. The molecule has 0 amide bonds. The van der Waals surface area contributed by atoms with E-state index in [1.807, 2.05) is 50.2 Å². The number of esters is 1. The predicted molar refractivity (Wildman–Crippen MR) is 69.3 cm³/mol. The van der Waals surface area contributed by atoms with Crippen LogP contribution in [0.1, 0.15) is 27.2 Å². The molecule has 0 spiro atoms. The van der Waals surface area contributed by atoms with Crippen molar-refractivity contribution in [1.29, 1.82) is 0 Å². The lowest BCUT2D eigenvalue weighted by molar-refractivity contribution is 0.0467. The number of hydrogen-bond acceptors (Lipinski definition) is 3. The Balaban J connectivity index is 2.06. The van der Waals surface area contributed by atoms with Crippen molar-refractivity contribution in [2.45, 2.75) is 20.5 Å². The lowest BCUT2D eigenvalue weighted by Crippen LogP contribution is -2.08. The highest BCUT2D eigenvalue weighted by Gasteiger charge is 2.10. The summed E-state index contributed by atoms with van der Waals surface area (Å²) >= 11 is 0. The van der Waals surface area contributed by atoms with Crippen molar-refractivity contribution < 1.29 is 9.53 Å². The zero-order valence-corrected chi connectivity index (χ0v) is 10.5. The fourth-order valence-corrected chi connectivity index (χ4v) is 1.66. The smallest absolute Gasteiger partial charge is 0.338 e. The summed E-state index contributed by atoms with van der Waals surface area (Å²) in [4.78, 5) is 16.0. The first kappa shape index (κ1) is 12.3. The molecule has 0 N–H and O–H groups in total. The quantitative estimate of drug-likeness (QED) is 0.775. The van der Waals surface area contributed by atoms with Crippen molar-refractivity contribution in [3.8, 4) is 0 Å². The summed E-state index contributed by atoms with van der Waals surface area (Å²) in [6.45, 7) is 4.05. The molecule has 0 aliphatic heterocycles. The Morgan fingerprint density at radius 3 is 2.78 bits per heavy atom. The first-order valence-electron chi connectivity index (χ1n) is 5.81. The van der Waals surface area contributed by atoms with Crippen molar-refractivity contribution in [2.75, 3.05) is 0 Å². The molecule has 0 bridgehead atoms. The molecular weight excluding hydrogens is 226 g/mol. The molecule has 0 aliphatic carbocycles. The van der Waals surface area contributed by atoms with Crippen LogP contribution in [-0.4, -0.2) is 11.0 Å². The molecule has 0 saturated carbocycles. The van der Waals surface area contributed by atoms with Crippen LogP contribution in [0.15, 0.2) is 42.6 Å². The van der Waals surface area contributed by atoms with Gasteiger partial charge in [0.05, 0.1) is 11.3 Å². The lowest BCUT2D eigenvalue weighted by atomic mass is 10.1. The van der Waals surface area contributed by atoms with E-state index in [0.717, 1.165) is 16.8 Å². The third kappa shape index (κ3) is 2.94. The Kier molecular flexibility index (Phi) is 3.72. The Morgan fingerprint density at radius 2 is 2.06 bits per heavy atom. The molecule has 1 aromatic heterocycles. The first-order valence-corrected chi connectivity index (χ1v) is 5.81. The number of carbonyl (C=O) groups excluding carboxylic acids is 1.